The summed E-state index contributed by atoms with van der Waals surface area (Å²) in [6, 6.07) is 6.83. The summed E-state index contributed by atoms with van der Waals surface area (Å²) in [5.41, 5.74) is 5.76. The summed E-state index contributed by atoms with van der Waals surface area (Å²) < 4.78 is 52.6. The first-order valence-corrected chi connectivity index (χ1v) is 17.9. The van der Waals surface area contributed by atoms with Crippen molar-refractivity contribution in [1.29, 1.82) is 0 Å². The number of ketones is 1. The van der Waals surface area contributed by atoms with Gasteiger partial charge in [0.15, 0.2) is 5.78 Å². The number of hydrogen-bond donors (Lipinski definition) is 4. The van der Waals surface area contributed by atoms with E-state index in [-0.39, 0.29) is 56.8 Å². The number of carbonyl (C=O) groups is 6. The van der Waals surface area contributed by atoms with E-state index in [4.69, 9.17) is 15.2 Å². The number of hydrogen-bond acceptors (Lipinski definition) is 11. The van der Waals surface area contributed by atoms with Gasteiger partial charge in [-0.2, -0.15) is 13.2 Å². The second kappa shape index (κ2) is 21.3. The van der Waals surface area contributed by atoms with E-state index in [2.05, 4.69) is 16.0 Å². The van der Waals surface area contributed by atoms with Crippen LogP contribution in [0.2, 0.25) is 0 Å². The van der Waals surface area contributed by atoms with Crippen LogP contribution in [0.3, 0.4) is 0 Å². The van der Waals surface area contributed by atoms with Crippen molar-refractivity contribution in [2.24, 2.45) is 17.6 Å². The summed E-state index contributed by atoms with van der Waals surface area (Å²) in [5, 5.41) is 18.4. The van der Waals surface area contributed by atoms with Crippen LogP contribution in [-0.2, 0) is 30.5 Å². The number of urea groups is 1. The van der Waals surface area contributed by atoms with E-state index in [0.717, 1.165) is 29.2 Å². The smallest absolute Gasteiger partial charge is 0.429 e. The Hall–Kier alpha value is -5.85. The topological polar surface area (TPSA) is 229 Å². The zero-order chi connectivity index (χ0) is 41.4. The number of nitrogens with zero attached hydrogens (tertiary/aromatic N) is 2. The van der Waals surface area contributed by atoms with Gasteiger partial charge in [0.1, 0.15) is 18.4 Å². The molecule has 0 saturated heterocycles. The molecule has 0 aromatic heterocycles. The van der Waals surface area contributed by atoms with Gasteiger partial charge in [-0.1, -0.05) is 38.8 Å². The quantitative estimate of drug-likeness (QED) is 0.0299. The average Bonchev–Trinajstić information content (AvgIpc) is 3.45. The minimum absolute atomic E-state index is 0.0330. The maximum absolute atomic E-state index is 14.2. The molecule has 56 heavy (non-hydrogen) atoms. The van der Waals surface area contributed by atoms with Crippen molar-refractivity contribution in [2.45, 2.75) is 83.7 Å². The minimum atomic E-state index is -4.69. The lowest BCUT2D eigenvalue weighted by Crippen LogP contribution is -2.52. The minimum Gasteiger partial charge on any atom is -0.429 e. The second-order valence-electron chi connectivity index (χ2n) is 13.4. The van der Waals surface area contributed by atoms with E-state index >= 15 is 0 Å². The molecule has 1 aliphatic rings. The molecular weight excluding hydrogens is 745 g/mol. The Balaban J connectivity index is 1.59. The normalized spacial score (nSPS) is 14.3. The molecule has 1 aliphatic heterocycles. The molecule has 0 unspecified atom stereocenters. The molecule has 16 nitrogen and oxygen atoms in total. The Morgan fingerprint density at radius 3 is 2.12 bits per heavy atom. The standard InChI is InChI=1S/C37H45F3N6O10/c1-23(2)33(44-30(37(38,39)40)8-4-3-5-20-45-31(48)17-18-32(45)49)29(47)21-25(7-6-19-42-35(41)51)34(50)43-26-11-9-24(10-12-26)22-55-36(52)56-28-15-13-27(14-16-28)46(53)54/h9-18,23,25,30,33,44H,3-8,19-22H2,1-2H3,(H,43,50)(H3,41,42,51)/t25-,30+,33+/m1/s1. The predicted octanol–water partition coefficient (Wildman–Crippen LogP) is 5.30. The Labute approximate surface area is 320 Å². The number of alkyl halides is 3. The van der Waals surface area contributed by atoms with Crippen LogP contribution in [0, 0.1) is 22.0 Å². The number of imide groups is 1. The van der Waals surface area contributed by atoms with Crippen LogP contribution in [0.4, 0.5) is 34.1 Å². The summed E-state index contributed by atoms with van der Waals surface area (Å²) in [7, 11) is 0. The van der Waals surface area contributed by atoms with Crippen molar-refractivity contribution in [2.75, 3.05) is 18.4 Å². The Morgan fingerprint density at radius 1 is 0.911 bits per heavy atom. The average molecular weight is 791 g/mol. The van der Waals surface area contributed by atoms with Gasteiger partial charge in [-0.15, -0.1) is 0 Å². The van der Waals surface area contributed by atoms with E-state index in [0.29, 0.717) is 24.1 Å². The van der Waals surface area contributed by atoms with Gasteiger partial charge in [-0.3, -0.25) is 39.5 Å². The molecule has 5 N–H and O–H groups in total. The number of rotatable bonds is 22. The third-order valence-corrected chi connectivity index (χ3v) is 8.74. The number of non-ortho nitro benzene ring substituents is 1. The predicted molar refractivity (Wildman–Crippen MR) is 195 cm³/mol. The summed E-state index contributed by atoms with van der Waals surface area (Å²) in [6.45, 7) is 3.14. The molecule has 2 aromatic carbocycles. The number of Topliss-reactive ketones (excluding diaryl/α,β-unsaturated/α-hetero) is 1. The van der Waals surface area contributed by atoms with Gasteiger partial charge in [0.2, 0.25) is 5.91 Å². The van der Waals surface area contributed by atoms with Crippen molar-refractivity contribution in [3.63, 3.8) is 0 Å². The fourth-order valence-electron chi connectivity index (χ4n) is 5.75. The highest BCUT2D eigenvalue weighted by atomic mass is 19.4. The maximum atomic E-state index is 14.2. The van der Waals surface area contributed by atoms with E-state index in [1.54, 1.807) is 26.0 Å². The Morgan fingerprint density at radius 2 is 1.55 bits per heavy atom. The summed E-state index contributed by atoms with van der Waals surface area (Å²) in [4.78, 5) is 85.0. The molecule has 0 bridgehead atoms. The number of anilines is 1. The monoisotopic (exact) mass is 790 g/mol. The number of nitro benzene ring substituents is 1. The lowest BCUT2D eigenvalue weighted by Gasteiger charge is -2.30. The summed E-state index contributed by atoms with van der Waals surface area (Å²) in [5.74, 6) is -3.67. The molecule has 0 radical (unpaired) electrons. The van der Waals surface area contributed by atoms with Gasteiger partial charge in [-0.25, -0.2) is 9.59 Å². The first-order valence-electron chi connectivity index (χ1n) is 17.9. The molecule has 2 aromatic rings. The third-order valence-electron chi connectivity index (χ3n) is 8.74. The number of primary amides is 1. The van der Waals surface area contributed by atoms with Crippen LogP contribution in [0.25, 0.3) is 0 Å². The van der Waals surface area contributed by atoms with Gasteiger partial charge >= 0.3 is 18.4 Å². The molecule has 0 saturated carbocycles. The van der Waals surface area contributed by atoms with E-state index < -0.39 is 77.1 Å². The van der Waals surface area contributed by atoms with Crippen molar-refractivity contribution in [3.8, 4) is 5.75 Å². The van der Waals surface area contributed by atoms with Gasteiger partial charge in [0.25, 0.3) is 17.5 Å². The summed E-state index contributed by atoms with van der Waals surface area (Å²) in [6.07, 6.45) is -3.20. The molecule has 3 rings (SSSR count). The van der Waals surface area contributed by atoms with Gasteiger partial charge in [0, 0.05) is 55.4 Å². The first kappa shape index (κ1) is 44.5. The zero-order valence-electron chi connectivity index (χ0n) is 30.8. The SMILES string of the molecule is CC(C)[C@H](N[C@@H](CCCCCN1C(=O)C=CC1=O)C(F)(F)F)C(=O)C[C@@H](CCCNC(N)=O)C(=O)Nc1ccc(COC(=O)Oc2ccc([N+](=O)[O-])cc2)cc1. The van der Waals surface area contributed by atoms with E-state index in [1.165, 1.54) is 24.3 Å². The highest BCUT2D eigenvalue weighted by Gasteiger charge is 2.42. The van der Waals surface area contributed by atoms with Crippen molar-refractivity contribution >= 4 is 47.1 Å². The van der Waals surface area contributed by atoms with Gasteiger partial charge < -0.3 is 25.8 Å². The number of nitrogens with one attached hydrogen (secondary N) is 3. The molecule has 0 spiro atoms. The highest BCUT2D eigenvalue weighted by Crippen LogP contribution is 2.27. The van der Waals surface area contributed by atoms with Crippen LogP contribution < -0.4 is 26.4 Å². The number of amides is 5. The number of halogens is 3. The number of unbranched alkanes of at least 4 members (excludes halogenated alkanes) is 2. The molecule has 19 heteroatoms. The molecule has 1 heterocycles. The molecule has 304 valence electrons. The van der Waals surface area contributed by atoms with Crippen molar-refractivity contribution in [3.05, 3.63) is 76.4 Å². The third kappa shape index (κ3) is 14.8. The fourth-order valence-corrected chi connectivity index (χ4v) is 5.75. The summed E-state index contributed by atoms with van der Waals surface area (Å²) >= 11 is 0. The number of nitrogens with two attached hydrogens (primary N) is 1. The molecule has 0 aliphatic carbocycles. The van der Waals surface area contributed by atoms with Crippen LogP contribution in [0.15, 0.2) is 60.7 Å². The van der Waals surface area contributed by atoms with Crippen molar-refractivity contribution in [1.82, 2.24) is 15.5 Å². The van der Waals surface area contributed by atoms with Crippen LogP contribution in [0.1, 0.15) is 64.4 Å². The first-order chi connectivity index (χ1) is 26.4. The molecule has 3 atom stereocenters. The van der Waals surface area contributed by atoms with Gasteiger partial charge in [-0.05, 0) is 61.4 Å². The fraction of sp³-hybridized carbons (Fsp3) is 0.459. The number of benzene rings is 2. The molecular formula is C37H45F3N6O10. The number of nitro groups is 1. The molecule has 5 amide bonds. The second-order valence-corrected chi connectivity index (χ2v) is 13.4. The zero-order valence-corrected chi connectivity index (χ0v) is 30.8. The number of ether oxygens (including phenoxy) is 2. The molecule has 0 fully saturated rings. The maximum Gasteiger partial charge on any atom is 0.514 e. The lowest BCUT2D eigenvalue weighted by atomic mass is 9.88. The Bertz CT molecular complexity index is 1720. The lowest BCUT2D eigenvalue weighted by molar-refractivity contribution is -0.384. The van der Waals surface area contributed by atoms with Crippen molar-refractivity contribution < 1.29 is 56.3 Å². The largest absolute Gasteiger partial charge is 0.514 e. The van der Waals surface area contributed by atoms with Crippen LogP contribution in [-0.4, -0.2) is 76.9 Å². The Kier molecular flexibility index (Phi) is 16.9. The van der Waals surface area contributed by atoms with E-state index in [1.807, 2.05) is 0 Å². The van der Waals surface area contributed by atoms with Crippen LogP contribution >= 0.6 is 0 Å². The highest BCUT2D eigenvalue weighted by molar-refractivity contribution is 6.12. The number of carbonyl (C=O) groups excluding carboxylic acids is 6. The van der Waals surface area contributed by atoms with Crippen LogP contribution in [0.5, 0.6) is 5.75 Å². The van der Waals surface area contributed by atoms with Gasteiger partial charge in [0.05, 0.1) is 11.0 Å². The van der Waals surface area contributed by atoms with E-state index in [9.17, 15) is 52.1 Å².